The van der Waals surface area contributed by atoms with Crippen molar-refractivity contribution in [1.29, 1.82) is 0 Å². The number of carbonyl (C=O) groups is 2. The monoisotopic (exact) mass is 232 g/mol. The fourth-order valence-corrected chi connectivity index (χ4v) is 2.01. The van der Waals surface area contributed by atoms with E-state index in [0.29, 0.717) is 0 Å². The molecule has 1 heterocycles. The Morgan fingerprint density at radius 3 is 2.76 bits per heavy atom. The highest BCUT2D eigenvalue weighted by atomic mass is 16.2. The van der Waals surface area contributed by atoms with Gasteiger partial charge in [-0.3, -0.25) is 14.9 Å². The number of imide groups is 1. The van der Waals surface area contributed by atoms with E-state index in [1.807, 2.05) is 24.3 Å². The van der Waals surface area contributed by atoms with Gasteiger partial charge < -0.3 is 5.32 Å². The van der Waals surface area contributed by atoms with Crippen molar-refractivity contribution >= 4 is 17.5 Å². The molecule has 0 bridgehead atoms. The molecule has 1 aliphatic rings. The van der Waals surface area contributed by atoms with E-state index in [4.69, 9.17) is 0 Å². The van der Waals surface area contributed by atoms with Crippen molar-refractivity contribution in [2.45, 2.75) is 32.2 Å². The van der Waals surface area contributed by atoms with Gasteiger partial charge in [0.2, 0.25) is 11.8 Å². The average molecular weight is 232 g/mol. The highest BCUT2D eigenvalue weighted by molar-refractivity contribution is 6.06. The molecule has 1 aromatic rings. The van der Waals surface area contributed by atoms with Gasteiger partial charge in [-0.25, -0.2) is 0 Å². The average Bonchev–Trinajstić information content (AvgIpc) is 2.61. The summed E-state index contributed by atoms with van der Waals surface area (Å²) in [5, 5.41) is 5.44. The van der Waals surface area contributed by atoms with Gasteiger partial charge in [0.05, 0.1) is 6.42 Å². The summed E-state index contributed by atoms with van der Waals surface area (Å²) in [6.07, 6.45) is 2.24. The molecular weight excluding hydrogens is 216 g/mol. The van der Waals surface area contributed by atoms with Crippen LogP contribution in [0.25, 0.3) is 0 Å². The fraction of sp³-hybridized carbons (Fsp3) is 0.385. The third-order valence-electron chi connectivity index (χ3n) is 2.84. The van der Waals surface area contributed by atoms with Gasteiger partial charge in [0.25, 0.3) is 0 Å². The summed E-state index contributed by atoms with van der Waals surface area (Å²) in [6.45, 7) is 2.11. The number of benzene rings is 1. The number of aryl methyl sites for hydroxylation is 1. The summed E-state index contributed by atoms with van der Waals surface area (Å²) in [5.74, 6) is -0.443. The van der Waals surface area contributed by atoms with E-state index in [-0.39, 0.29) is 18.2 Å². The van der Waals surface area contributed by atoms with E-state index in [1.165, 1.54) is 5.56 Å². The quantitative estimate of drug-likeness (QED) is 0.773. The molecule has 4 heteroatoms. The fourth-order valence-electron chi connectivity index (χ4n) is 2.01. The maximum atomic E-state index is 11.5. The lowest BCUT2D eigenvalue weighted by atomic mass is 10.1. The molecule has 0 radical (unpaired) electrons. The molecule has 0 spiro atoms. The first-order valence-corrected chi connectivity index (χ1v) is 5.89. The van der Waals surface area contributed by atoms with Crippen LogP contribution >= 0.6 is 0 Å². The minimum atomic E-state index is -0.430. The lowest BCUT2D eigenvalue weighted by molar-refractivity contribution is -0.124. The summed E-state index contributed by atoms with van der Waals surface area (Å²) in [6, 6.07) is 7.47. The molecule has 1 aliphatic heterocycles. The second kappa shape index (κ2) is 4.99. The number of rotatable bonds is 4. The zero-order valence-electron chi connectivity index (χ0n) is 9.82. The Labute approximate surface area is 100 Å². The Bertz CT molecular complexity index is 443. The van der Waals surface area contributed by atoms with E-state index >= 15 is 0 Å². The van der Waals surface area contributed by atoms with Crippen molar-refractivity contribution < 1.29 is 9.59 Å². The molecule has 2 amide bonds. The van der Waals surface area contributed by atoms with Gasteiger partial charge >= 0.3 is 0 Å². The van der Waals surface area contributed by atoms with Crippen LogP contribution in [0, 0.1) is 0 Å². The standard InChI is InChI=1S/C13H16N2O2/c1-2-5-9-6-3-4-7-10(9)14-11-8-12(16)15-13(11)17/h3-4,6-7,11,14H,2,5,8H2,1H3,(H,15,16,17). The Hall–Kier alpha value is -1.84. The van der Waals surface area contributed by atoms with E-state index < -0.39 is 6.04 Å². The summed E-state index contributed by atoms with van der Waals surface area (Å²) < 4.78 is 0. The third kappa shape index (κ3) is 2.64. The van der Waals surface area contributed by atoms with E-state index in [0.717, 1.165) is 18.5 Å². The van der Waals surface area contributed by atoms with Crippen LogP contribution in [0.15, 0.2) is 24.3 Å². The number of anilines is 1. The first-order chi connectivity index (χ1) is 8.20. The summed E-state index contributed by atoms with van der Waals surface area (Å²) >= 11 is 0. The minimum Gasteiger partial charge on any atom is -0.373 e. The van der Waals surface area contributed by atoms with Crippen molar-refractivity contribution in [2.24, 2.45) is 0 Å². The van der Waals surface area contributed by atoms with E-state index in [1.54, 1.807) is 0 Å². The predicted octanol–water partition coefficient (Wildman–Crippen LogP) is 1.47. The predicted molar refractivity (Wildman–Crippen MR) is 65.6 cm³/mol. The van der Waals surface area contributed by atoms with Gasteiger partial charge in [0.1, 0.15) is 6.04 Å². The van der Waals surface area contributed by atoms with Crippen molar-refractivity contribution in [2.75, 3.05) is 5.32 Å². The van der Waals surface area contributed by atoms with Crippen LogP contribution in [0.5, 0.6) is 0 Å². The number of nitrogens with one attached hydrogen (secondary N) is 2. The van der Waals surface area contributed by atoms with Gasteiger partial charge in [-0.2, -0.15) is 0 Å². The number of carbonyl (C=O) groups excluding carboxylic acids is 2. The van der Waals surface area contributed by atoms with Crippen molar-refractivity contribution in [3.05, 3.63) is 29.8 Å². The van der Waals surface area contributed by atoms with E-state index in [9.17, 15) is 9.59 Å². The highest BCUT2D eigenvalue weighted by Gasteiger charge is 2.30. The zero-order chi connectivity index (χ0) is 12.3. The van der Waals surface area contributed by atoms with Crippen molar-refractivity contribution in [1.82, 2.24) is 5.32 Å². The van der Waals surface area contributed by atoms with Crippen LogP contribution in [-0.2, 0) is 16.0 Å². The van der Waals surface area contributed by atoms with Crippen LogP contribution in [0.2, 0.25) is 0 Å². The number of hydrogen-bond donors (Lipinski definition) is 2. The normalized spacial score (nSPS) is 19.2. The van der Waals surface area contributed by atoms with Crippen LogP contribution in [0.1, 0.15) is 25.3 Å². The second-order valence-corrected chi connectivity index (χ2v) is 4.22. The SMILES string of the molecule is CCCc1ccccc1NC1CC(=O)NC1=O. The summed E-state index contributed by atoms with van der Waals surface area (Å²) in [5.41, 5.74) is 2.13. The molecule has 1 unspecified atom stereocenters. The molecule has 0 saturated carbocycles. The first kappa shape index (κ1) is 11.6. The molecule has 1 atom stereocenters. The van der Waals surface area contributed by atoms with Gasteiger partial charge in [-0.05, 0) is 18.1 Å². The molecule has 1 aromatic carbocycles. The molecule has 0 aliphatic carbocycles. The molecule has 0 aromatic heterocycles. The maximum Gasteiger partial charge on any atom is 0.249 e. The molecule has 2 N–H and O–H groups in total. The van der Waals surface area contributed by atoms with Crippen LogP contribution in [-0.4, -0.2) is 17.9 Å². The van der Waals surface area contributed by atoms with E-state index in [2.05, 4.69) is 17.6 Å². The summed E-state index contributed by atoms with van der Waals surface area (Å²) in [7, 11) is 0. The van der Waals surface area contributed by atoms with Crippen LogP contribution < -0.4 is 10.6 Å². The van der Waals surface area contributed by atoms with Crippen molar-refractivity contribution in [3.8, 4) is 0 Å². The van der Waals surface area contributed by atoms with Gasteiger partial charge in [-0.1, -0.05) is 31.5 Å². The topological polar surface area (TPSA) is 58.2 Å². The molecule has 1 fully saturated rings. The van der Waals surface area contributed by atoms with Gasteiger partial charge in [0.15, 0.2) is 0 Å². The summed E-state index contributed by atoms with van der Waals surface area (Å²) in [4.78, 5) is 22.6. The van der Waals surface area contributed by atoms with Gasteiger partial charge in [0, 0.05) is 5.69 Å². The molecule has 17 heavy (non-hydrogen) atoms. The highest BCUT2D eigenvalue weighted by Crippen LogP contribution is 2.19. The van der Waals surface area contributed by atoms with Gasteiger partial charge in [-0.15, -0.1) is 0 Å². The smallest absolute Gasteiger partial charge is 0.249 e. The lowest BCUT2D eigenvalue weighted by Crippen LogP contribution is -2.30. The number of hydrogen-bond acceptors (Lipinski definition) is 3. The molecule has 90 valence electrons. The maximum absolute atomic E-state index is 11.5. The van der Waals surface area contributed by atoms with Crippen LogP contribution in [0.3, 0.4) is 0 Å². The minimum absolute atomic E-state index is 0.208. The second-order valence-electron chi connectivity index (χ2n) is 4.22. The number of para-hydroxylation sites is 1. The Balaban J connectivity index is 2.13. The molecule has 1 saturated heterocycles. The molecule has 4 nitrogen and oxygen atoms in total. The van der Waals surface area contributed by atoms with Crippen LogP contribution in [0.4, 0.5) is 5.69 Å². The lowest BCUT2D eigenvalue weighted by Gasteiger charge is -2.14. The van der Waals surface area contributed by atoms with Crippen molar-refractivity contribution in [3.63, 3.8) is 0 Å². The molecular formula is C13H16N2O2. The Morgan fingerprint density at radius 1 is 1.35 bits per heavy atom. The molecule has 2 rings (SSSR count). The largest absolute Gasteiger partial charge is 0.373 e. The first-order valence-electron chi connectivity index (χ1n) is 5.89. The number of amides is 2. The zero-order valence-corrected chi connectivity index (χ0v) is 9.82. The Morgan fingerprint density at radius 2 is 2.12 bits per heavy atom. The third-order valence-corrected chi connectivity index (χ3v) is 2.84. The Kier molecular flexibility index (Phi) is 3.42.